The van der Waals surface area contributed by atoms with E-state index in [2.05, 4.69) is 20.9 Å². The van der Waals surface area contributed by atoms with Gasteiger partial charge >= 0.3 is 0 Å². The second-order valence-corrected chi connectivity index (χ2v) is 6.67. The van der Waals surface area contributed by atoms with Crippen molar-refractivity contribution in [2.75, 3.05) is 0 Å². The molecule has 2 aromatic heterocycles. The van der Waals surface area contributed by atoms with Crippen LogP contribution in [0.5, 0.6) is 0 Å². The summed E-state index contributed by atoms with van der Waals surface area (Å²) in [6.45, 7) is 0. The Morgan fingerprint density at radius 3 is 2.84 bits per heavy atom. The third-order valence-electron chi connectivity index (χ3n) is 2.88. The molecule has 1 unspecified atom stereocenters. The molecule has 0 bridgehead atoms. The molecule has 0 saturated carbocycles. The lowest BCUT2D eigenvalue weighted by Gasteiger charge is -2.09. The van der Waals surface area contributed by atoms with Crippen LogP contribution in [-0.2, 0) is 0 Å². The van der Waals surface area contributed by atoms with Gasteiger partial charge < -0.3 is 5.11 Å². The minimum atomic E-state index is -0.680. The topological polar surface area (TPSA) is 33.1 Å². The molecule has 0 saturated heterocycles. The maximum atomic E-state index is 10.4. The number of hydrogen-bond acceptors (Lipinski definition) is 3. The molecule has 0 spiro atoms. The SMILES string of the molecule is OC(c1ccc2cccnc2c1)c1cc(Br)c(Cl)s1. The number of aliphatic hydroxyl groups excluding tert-OH is 1. The zero-order valence-electron chi connectivity index (χ0n) is 9.68. The molecule has 2 nitrogen and oxygen atoms in total. The van der Waals surface area contributed by atoms with Crippen molar-refractivity contribution in [3.8, 4) is 0 Å². The number of aliphatic hydroxyl groups is 1. The lowest BCUT2D eigenvalue weighted by atomic mass is 10.1. The molecule has 3 rings (SSSR count). The minimum absolute atomic E-state index is 0.646. The highest BCUT2D eigenvalue weighted by Gasteiger charge is 2.15. The van der Waals surface area contributed by atoms with Crippen molar-refractivity contribution in [2.45, 2.75) is 6.10 Å². The third-order valence-corrected chi connectivity index (χ3v) is 5.41. The molecule has 1 N–H and O–H groups in total. The maximum absolute atomic E-state index is 10.4. The molecule has 96 valence electrons. The van der Waals surface area contributed by atoms with Crippen LogP contribution in [-0.4, -0.2) is 10.1 Å². The molecule has 0 fully saturated rings. The molecule has 0 amide bonds. The van der Waals surface area contributed by atoms with Crippen LogP contribution in [0, 0.1) is 0 Å². The lowest BCUT2D eigenvalue weighted by Crippen LogP contribution is -1.97. The quantitative estimate of drug-likeness (QED) is 0.717. The highest BCUT2D eigenvalue weighted by Crippen LogP contribution is 2.37. The third kappa shape index (κ3) is 2.54. The van der Waals surface area contributed by atoms with Crippen molar-refractivity contribution < 1.29 is 5.11 Å². The molecule has 3 aromatic rings. The zero-order valence-corrected chi connectivity index (χ0v) is 12.8. The number of pyridine rings is 1. The highest BCUT2D eigenvalue weighted by molar-refractivity contribution is 9.10. The summed E-state index contributed by atoms with van der Waals surface area (Å²) in [6.07, 6.45) is 1.07. The van der Waals surface area contributed by atoms with Gasteiger partial charge in [0.25, 0.3) is 0 Å². The van der Waals surface area contributed by atoms with Gasteiger partial charge in [-0.15, -0.1) is 11.3 Å². The van der Waals surface area contributed by atoms with Gasteiger partial charge in [-0.25, -0.2) is 0 Å². The van der Waals surface area contributed by atoms with Gasteiger partial charge in [0.1, 0.15) is 10.4 Å². The highest BCUT2D eigenvalue weighted by atomic mass is 79.9. The summed E-state index contributed by atoms with van der Waals surface area (Å²) in [7, 11) is 0. The summed E-state index contributed by atoms with van der Waals surface area (Å²) in [6, 6.07) is 11.5. The predicted octanol–water partition coefficient (Wildman–Crippen LogP) is 4.79. The van der Waals surface area contributed by atoms with Crippen LogP contribution in [0.15, 0.2) is 47.1 Å². The zero-order chi connectivity index (χ0) is 13.4. The van der Waals surface area contributed by atoms with Crippen LogP contribution >= 0.6 is 38.9 Å². The van der Waals surface area contributed by atoms with E-state index in [1.807, 2.05) is 36.4 Å². The fourth-order valence-electron chi connectivity index (χ4n) is 1.92. The Balaban J connectivity index is 2.03. The smallest absolute Gasteiger partial charge is 0.113 e. The van der Waals surface area contributed by atoms with Crippen molar-refractivity contribution in [3.05, 3.63) is 61.8 Å². The molecule has 1 aromatic carbocycles. The molecular weight excluding hydrogens is 346 g/mol. The van der Waals surface area contributed by atoms with Crippen LogP contribution in [0.1, 0.15) is 16.5 Å². The van der Waals surface area contributed by atoms with Crippen LogP contribution in [0.2, 0.25) is 4.34 Å². The first-order chi connectivity index (χ1) is 9.15. The van der Waals surface area contributed by atoms with Gasteiger partial charge in [0.2, 0.25) is 0 Å². The van der Waals surface area contributed by atoms with E-state index in [0.29, 0.717) is 4.34 Å². The van der Waals surface area contributed by atoms with Crippen LogP contribution in [0.25, 0.3) is 10.9 Å². The molecule has 0 aliphatic carbocycles. The summed E-state index contributed by atoms with van der Waals surface area (Å²) < 4.78 is 1.46. The normalized spacial score (nSPS) is 12.8. The first-order valence-corrected chi connectivity index (χ1v) is 7.61. The van der Waals surface area contributed by atoms with E-state index in [9.17, 15) is 5.11 Å². The van der Waals surface area contributed by atoms with E-state index < -0.39 is 6.10 Å². The fourth-order valence-corrected chi connectivity index (χ4v) is 3.67. The molecule has 2 heterocycles. The predicted molar refractivity (Wildman–Crippen MR) is 82.8 cm³/mol. The molecule has 0 aliphatic rings. The molecule has 5 heteroatoms. The first-order valence-electron chi connectivity index (χ1n) is 5.62. The number of hydrogen-bond donors (Lipinski definition) is 1. The van der Waals surface area contributed by atoms with Crippen molar-refractivity contribution >= 4 is 49.8 Å². The standard InChI is InChI=1S/C14H9BrClNOS/c15-10-7-12(19-14(10)16)13(18)9-4-3-8-2-1-5-17-11(8)6-9/h1-7,13,18H. The summed E-state index contributed by atoms with van der Waals surface area (Å²) in [5, 5.41) is 11.5. The Bertz CT molecular complexity index is 724. The number of thiophene rings is 1. The fraction of sp³-hybridized carbons (Fsp3) is 0.0714. The molecule has 0 radical (unpaired) electrons. The van der Waals surface area contributed by atoms with Crippen LogP contribution in [0.4, 0.5) is 0 Å². The van der Waals surface area contributed by atoms with Crippen LogP contribution < -0.4 is 0 Å². The molecule has 0 aliphatic heterocycles. The van der Waals surface area contributed by atoms with Crippen molar-refractivity contribution in [2.24, 2.45) is 0 Å². The van der Waals surface area contributed by atoms with Crippen molar-refractivity contribution in [3.63, 3.8) is 0 Å². The van der Waals surface area contributed by atoms with Crippen molar-refractivity contribution in [1.29, 1.82) is 0 Å². The Hall–Kier alpha value is -0.940. The number of benzene rings is 1. The lowest BCUT2D eigenvalue weighted by molar-refractivity contribution is 0.224. The summed E-state index contributed by atoms with van der Waals surface area (Å²) in [4.78, 5) is 5.11. The van der Waals surface area contributed by atoms with Gasteiger partial charge in [-0.3, -0.25) is 4.98 Å². The van der Waals surface area contributed by atoms with Gasteiger partial charge in [-0.2, -0.15) is 0 Å². The van der Waals surface area contributed by atoms with E-state index in [0.717, 1.165) is 25.8 Å². The molecular formula is C14H9BrClNOS. The number of aromatic nitrogens is 1. The number of rotatable bonds is 2. The van der Waals surface area contributed by atoms with E-state index in [4.69, 9.17) is 11.6 Å². The molecule has 1 atom stereocenters. The summed E-state index contributed by atoms with van der Waals surface area (Å²) in [5.41, 5.74) is 1.69. The van der Waals surface area contributed by atoms with Gasteiger partial charge in [0.05, 0.1) is 5.52 Å². The van der Waals surface area contributed by atoms with Crippen LogP contribution in [0.3, 0.4) is 0 Å². The summed E-state index contributed by atoms with van der Waals surface area (Å²) >= 11 is 10.7. The van der Waals surface area contributed by atoms with E-state index >= 15 is 0 Å². The number of nitrogens with zero attached hydrogens (tertiary/aromatic N) is 1. The molecule has 19 heavy (non-hydrogen) atoms. The maximum Gasteiger partial charge on any atom is 0.113 e. The summed E-state index contributed by atoms with van der Waals surface area (Å²) in [5.74, 6) is 0. The average Bonchev–Trinajstić information content (AvgIpc) is 2.77. The van der Waals surface area contributed by atoms with Gasteiger partial charge in [0, 0.05) is 20.9 Å². The van der Waals surface area contributed by atoms with Crippen molar-refractivity contribution in [1.82, 2.24) is 4.98 Å². The Morgan fingerprint density at radius 1 is 1.26 bits per heavy atom. The monoisotopic (exact) mass is 353 g/mol. The Morgan fingerprint density at radius 2 is 2.11 bits per heavy atom. The number of halogens is 2. The first kappa shape index (κ1) is 13.1. The largest absolute Gasteiger partial charge is 0.383 e. The second-order valence-electron chi connectivity index (χ2n) is 4.13. The average molecular weight is 355 g/mol. The Labute approximate surface area is 127 Å². The van der Waals surface area contributed by atoms with E-state index in [1.54, 1.807) is 6.20 Å². The van der Waals surface area contributed by atoms with Gasteiger partial charge in [0.15, 0.2) is 0 Å². The van der Waals surface area contributed by atoms with E-state index in [1.165, 1.54) is 11.3 Å². The number of fused-ring (bicyclic) bond motifs is 1. The minimum Gasteiger partial charge on any atom is -0.383 e. The van der Waals surface area contributed by atoms with Gasteiger partial charge in [-0.1, -0.05) is 29.8 Å². The van der Waals surface area contributed by atoms with E-state index in [-0.39, 0.29) is 0 Å². The Kier molecular flexibility index (Phi) is 3.58. The van der Waals surface area contributed by atoms with Gasteiger partial charge in [-0.05, 0) is 39.7 Å². The second kappa shape index (κ2) is 5.21.